The SMILES string of the molecule is CCCNc1nc(Cl)nc(NC(C)CO)n1. The van der Waals surface area contributed by atoms with E-state index in [1.165, 1.54) is 0 Å². The largest absolute Gasteiger partial charge is 0.394 e. The lowest BCUT2D eigenvalue weighted by Crippen LogP contribution is -2.21. The minimum Gasteiger partial charge on any atom is -0.394 e. The van der Waals surface area contributed by atoms with Crippen molar-refractivity contribution in [1.29, 1.82) is 0 Å². The first-order chi connectivity index (χ1) is 7.65. The molecular formula is C9H16ClN5O. The summed E-state index contributed by atoms with van der Waals surface area (Å²) in [5, 5.41) is 15.0. The highest BCUT2D eigenvalue weighted by molar-refractivity contribution is 6.28. The molecule has 0 aliphatic rings. The summed E-state index contributed by atoms with van der Waals surface area (Å²) in [5.41, 5.74) is 0. The maximum absolute atomic E-state index is 8.89. The molecule has 1 atom stereocenters. The van der Waals surface area contributed by atoms with Gasteiger partial charge in [-0.05, 0) is 24.9 Å². The quantitative estimate of drug-likeness (QED) is 0.697. The standard InChI is InChI=1S/C9H16ClN5O/c1-3-4-11-8-13-7(10)14-9(15-8)12-6(2)5-16/h6,16H,3-5H2,1-2H3,(H2,11,12,13,14,15). The zero-order chi connectivity index (χ0) is 12.0. The highest BCUT2D eigenvalue weighted by atomic mass is 35.5. The molecule has 0 radical (unpaired) electrons. The Bertz CT molecular complexity index is 336. The molecule has 3 N–H and O–H groups in total. The van der Waals surface area contributed by atoms with Crippen LogP contribution in [0.2, 0.25) is 5.28 Å². The van der Waals surface area contributed by atoms with Gasteiger partial charge in [-0.25, -0.2) is 0 Å². The van der Waals surface area contributed by atoms with Crippen molar-refractivity contribution in [2.24, 2.45) is 0 Å². The van der Waals surface area contributed by atoms with Crippen molar-refractivity contribution in [1.82, 2.24) is 15.0 Å². The van der Waals surface area contributed by atoms with E-state index in [0.29, 0.717) is 11.9 Å². The van der Waals surface area contributed by atoms with Gasteiger partial charge in [0.1, 0.15) is 0 Å². The van der Waals surface area contributed by atoms with Gasteiger partial charge in [0.15, 0.2) is 0 Å². The van der Waals surface area contributed by atoms with Crippen molar-refractivity contribution in [2.75, 3.05) is 23.8 Å². The monoisotopic (exact) mass is 245 g/mol. The van der Waals surface area contributed by atoms with Crippen molar-refractivity contribution in [3.63, 3.8) is 0 Å². The average Bonchev–Trinajstić information content (AvgIpc) is 2.25. The second kappa shape index (κ2) is 6.44. The molecule has 0 saturated carbocycles. The van der Waals surface area contributed by atoms with Crippen LogP contribution in [0.3, 0.4) is 0 Å². The number of halogens is 1. The van der Waals surface area contributed by atoms with Crippen molar-refractivity contribution in [3.05, 3.63) is 5.28 Å². The van der Waals surface area contributed by atoms with Crippen LogP contribution in [-0.2, 0) is 0 Å². The molecule has 0 aliphatic carbocycles. The van der Waals surface area contributed by atoms with Gasteiger partial charge >= 0.3 is 0 Å². The summed E-state index contributed by atoms with van der Waals surface area (Å²) in [5.74, 6) is 0.801. The van der Waals surface area contributed by atoms with Crippen LogP contribution in [0.1, 0.15) is 20.3 Å². The molecule has 7 heteroatoms. The Balaban J connectivity index is 2.73. The molecule has 0 aliphatic heterocycles. The normalized spacial score (nSPS) is 12.2. The Morgan fingerprint density at radius 3 is 2.62 bits per heavy atom. The van der Waals surface area contributed by atoms with Crippen molar-refractivity contribution in [3.8, 4) is 0 Å². The van der Waals surface area contributed by atoms with E-state index in [1.807, 2.05) is 13.8 Å². The molecule has 1 rings (SSSR count). The number of aromatic nitrogens is 3. The summed E-state index contributed by atoms with van der Waals surface area (Å²) in [6.07, 6.45) is 0.971. The van der Waals surface area contributed by atoms with E-state index >= 15 is 0 Å². The van der Waals surface area contributed by atoms with Gasteiger partial charge in [-0.3, -0.25) is 0 Å². The summed E-state index contributed by atoms with van der Waals surface area (Å²) in [6.45, 7) is 4.63. The molecule has 90 valence electrons. The van der Waals surface area contributed by atoms with Gasteiger partial charge in [0, 0.05) is 12.6 Å². The Morgan fingerprint density at radius 1 is 1.31 bits per heavy atom. The number of hydrogen-bond acceptors (Lipinski definition) is 6. The summed E-state index contributed by atoms with van der Waals surface area (Å²) < 4.78 is 0. The fourth-order valence-electron chi connectivity index (χ4n) is 0.997. The minimum absolute atomic E-state index is 0.00102. The van der Waals surface area contributed by atoms with E-state index in [2.05, 4.69) is 25.6 Å². The Labute approximate surface area is 99.5 Å². The maximum Gasteiger partial charge on any atom is 0.229 e. The summed E-state index contributed by atoms with van der Waals surface area (Å²) >= 11 is 5.75. The van der Waals surface area contributed by atoms with Gasteiger partial charge in [0.05, 0.1) is 6.61 Å². The fourth-order valence-corrected chi connectivity index (χ4v) is 1.16. The van der Waals surface area contributed by atoms with E-state index in [4.69, 9.17) is 16.7 Å². The number of aliphatic hydroxyl groups excluding tert-OH is 1. The lowest BCUT2D eigenvalue weighted by molar-refractivity contribution is 0.281. The van der Waals surface area contributed by atoms with Crippen LogP contribution < -0.4 is 10.6 Å². The highest BCUT2D eigenvalue weighted by Crippen LogP contribution is 2.10. The topological polar surface area (TPSA) is 83.0 Å². The van der Waals surface area contributed by atoms with Gasteiger partial charge in [-0.15, -0.1) is 0 Å². The lowest BCUT2D eigenvalue weighted by atomic mass is 10.4. The molecule has 16 heavy (non-hydrogen) atoms. The van der Waals surface area contributed by atoms with Crippen molar-refractivity contribution < 1.29 is 5.11 Å². The third-order valence-corrected chi connectivity index (χ3v) is 1.96. The zero-order valence-electron chi connectivity index (χ0n) is 9.37. The second-order valence-electron chi connectivity index (χ2n) is 3.41. The van der Waals surface area contributed by atoms with E-state index in [1.54, 1.807) is 0 Å². The van der Waals surface area contributed by atoms with Gasteiger partial charge in [0.25, 0.3) is 0 Å². The third kappa shape index (κ3) is 4.16. The highest BCUT2D eigenvalue weighted by Gasteiger charge is 2.06. The van der Waals surface area contributed by atoms with Gasteiger partial charge < -0.3 is 15.7 Å². The first-order valence-electron chi connectivity index (χ1n) is 5.18. The number of nitrogens with one attached hydrogen (secondary N) is 2. The number of hydrogen-bond donors (Lipinski definition) is 3. The molecule has 0 saturated heterocycles. The first kappa shape index (κ1) is 12.9. The molecule has 1 unspecified atom stereocenters. The van der Waals surface area contributed by atoms with Gasteiger partial charge in [-0.1, -0.05) is 6.92 Å². The number of anilines is 2. The zero-order valence-corrected chi connectivity index (χ0v) is 10.1. The molecular weight excluding hydrogens is 230 g/mol. The van der Waals surface area contributed by atoms with Gasteiger partial charge in [-0.2, -0.15) is 15.0 Å². The summed E-state index contributed by atoms with van der Waals surface area (Å²) in [7, 11) is 0. The van der Waals surface area contributed by atoms with Crippen LogP contribution in [0.4, 0.5) is 11.9 Å². The van der Waals surface area contributed by atoms with E-state index in [9.17, 15) is 0 Å². The average molecular weight is 246 g/mol. The van der Waals surface area contributed by atoms with Crippen LogP contribution >= 0.6 is 11.6 Å². The Kier molecular flexibility index (Phi) is 5.21. The van der Waals surface area contributed by atoms with Crippen LogP contribution in [0.15, 0.2) is 0 Å². The van der Waals surface area contributed by atoms with Crippen molar-refractivity contribution >= 4 is 23.5 Å². The third-order valence-electron chi connectivity index (χ3n) is 1.79. The molecule has 1 heterocycles. The van der Waals surface area contributed by atoms with Crippen LogP contribution in [0.5, 0.6) is 0 Å². The van der Waals surface area contributed by atoms with Crippen LogP contribution in [0, 0.1) is 0 Å². The Hall–Kier alpha value is -1.14. The van der Waals surface area contributed by atoms with Crippen LogP contribution in [0.25, 0.3) is 0 Å². The molecule has 1 aromatic heterocycles. The van der Waals surface area contributed by atoms with Crippen molar-refractivity contribution in [2.45, 2.75) is 26.3 Å². The predicted molar refractivity (Wildman–Crippen MR) is 63.8 cm³/mol. The Morgan fingerprint density at radius 2 is 2.00 bits per heavy atom. The number of rotatable bonds is 6. The van der Waals surface area contributed by atoms with E-state index < -0.39 is 0 Å². The fraction of sp³-hybridized carbons (Fsp3) is 0.667. The molecule has 0 amide bonds. The lowest BCUT2D eigenvalue weighted by Gasteiger charge is -2.11. The van der Waals surface area contributed by atoms with Gasteiger partial charge in [0.2, 0.25) is 17.2 Å². The van der Waals surface area contributed by atoms with E-state index in [-0.39, 0.29) is 17.9 Å². The number of nitrogens with zero attached hydrogens (tertiary/aromatic N) is 3. The molecule has 1 aromatic rings. The molecule has 0 aromatic carbocycles. The maximum atomic E-state index is 8.89. The summed E-state index contributed by atoms with van der Waals surface area (Å²) in [6, 6.07) is -0.127. The molecule has 0 fully saturated rings. The smallest absolute Gasteiger partial charge is 0.229 e. The van der Waals surface area contributed by atoms with Crippen LogP contribution in [-0.4, -0.2) is 39.3 Å². The molecule has 0 bridgehead atoms. The second-order valence-corrected chi connectivity index (χ2v) is 3.74. The summed E-state index contributed by atoms with van der Waals surface area (Å²) in [4.78, 5) is 12.0. The van der Waals surface area contributed by atoms with E-state index in [0.717, 1.165) is 13.0 Å². The first-order valence-corrected chi connectivity index (χ1v) is 5.56. The molecule has 6 nitrogen and oxygen atoms in total. The minimum atomic E-state index is -0.127. The predicted octanol–water partition coefficient (Wildman–Crippen LogP) is 1.14. The number of aliphatic hydroxyl groups is 1. The molecule has 0 spiro atoms.